The lowest BCUT2D eigenvalue weighted by Gasteiger charge is -1.92. The van der Waals surface area contributed by atoms with E-state index in [0.29, 0.717) is 4.68 Å². The Hall–Kier alpha value is -1.00. The van der Waals surface area contributed by atoms with E-state index in [2.05, 4.69) is 10.1 Å². The van der Waals surface area contributed by atoms with Gasteiger partial charge in [-0.15, -0.1) is 0 Å². The lowest BCUT2D eigenvalue weighted by atomic mass is 11.1. The van der Waals surface area contributed by atoms with E-state index in [1.807, 2.05) is 0 Å². The SMILES string of the molecule is FC(F)n1cncn1. The van der Waals surface area contributed by atoms with Gasteiger partial charge in [-0.1, -0.05) is 0 Å². The van der Waals surface area contributed by atoms with Crippen LogP contribution in [0.25, 0.3) is 0 Å². The summed E-state index contributed by atoms with van der Waals surface area (Å²) in [7, 11) is 0. The fourth-order valence-electron chi connectivity index (χ4n) is 0.318. The van der Waals surface area contributed by atoms with Crippen molar-refractivity contribution in [1.29, 1.82) is 0 Å². The summed E-state index contributed by atoms with van der Waals surface area (Å²) >= 11 is 0. The van der Waals surface area contributed by atoms with Gasteiger partial charge in [-0.25, -0.2) is 4.98 Å². The number of aromatic nitrogens is 3. The molecule has 0 fully saturated rings. The van der Waals surface area contributed by atoms with Crippen LogP contribution in [0.3, 0.4) is 0 Å². The molecule has 0 saturated heterocycles. The number of halogens is 2. The molecule has 1 rings (SSSR count). The maximum Gasteiger partial charge on any atom is 0.334 e. The third-order valence-electron chi connectivity index (χ3n) is 0.637. The van der Waals surface area contributed by atoms with Gasteiger partial charge in [0.2, 0.25) is 0 Å². The van der Waals surface area contributed by atoms with Crippen LogP contribution in [0.2, 0.25) is 0 Å². The van der Waals surface area contributed by atoms with E-state index in [0.717, 1.165) is 12.7 Å². The van der Waals surface area contributed by atoms with Crippen molar-refractivity contribution < 1.29 is 8.78 Å². The first-order valence-electron chi connectivity index (χ1n) is 1.93. The minimum atomic E-state index is -2.57. The molecule has 0 aromatic carbocycles. The van der Waals surface area contributed by atoms with Crippen LogP contribution in [0.5, 0.6) is 0 Å². The predicted octanol–water partition coefficient (Wildman–Crippen LogP) is 0.673. The van der Waals surface area contributed by atoms with Crippen LogP contribution in [-0.2, 0) is 0 Å². The highest BCUT2D eigenvalue weighted by Crippen LogP contribution is 2.03. The molecule has 5 heteroatoms. The number of alkyl halides is 2. The van der Waals surface area contributed by atoms with Crippen LogP contribution in [0.15, 0.2) is 12.7 Å². The molecule has 0 radical (unpaired) electrons. The van der Waals surface area contributed by atoms with Gasteiger partial charge in [-0.2, -0.15) is 18.6 Å². The first-order valence-corrected chi connectivity index (χ1v) is 1.93. The number of nitrogens with zero attached hydrogens (tertiary/aromatic N) is 3. The first-order chi connectivity index (χ1) is 3.80. The molecule has 1 heterocycles. The topological polar surface area (TPSA) is 30.7 Å². The van der Waals surface area contributed by atoms with Gasteiger partial charge in [0.05, 0.1) is 0 Å². The summed E-state index contributed by atoms with van der Waals surface area (Å²) in [6.07, 6.45) is 2.02. The zero-order valence-corrected chi connectivity index (χ0v) is 3.83. The molecule has 0 amide bonds. The normalized spacial score (nSPS) is 10.4. The van der Waals surface area contributed by atoms with Crippen molar-refractivity contribution in [3.63, 3.8) is 0 Å². The number of hydrogen-bond acceptors (Lipinski definition) is 2. The molecular formula is C3H3F2N3. The Balaban J connectivity index is 2.77. The van der Waals surface area contributed by atoms with Gasteiger partial charge < -0.3 is 0 Å². The minimum absolute atomic E-state index is 0.472. The molecule has 44 valence electrons. The van der Waals surface area contributed by atoms with Crippen molar-refractivity contribution in [3.05, 3.63) is 12.7 Å². The van der Waals surface area contributed by atoms with Crippen molar-refractivity contribution in [2.24, 2.45) is 0 Å². The Bertz CT molecular complexity index is 148. The zero-order chi connectivity index (χ0) is 5.98. The molecule has 0 atom stereocenters. The van der Waals surface area contributed by atoms with Crippen LogP contribution < -0.4 is 0 Å². The van der Waals surface area contributed by atoms with Crippen LogP contribution in [-0.4, -0.2) is 14.8 Å². The molecule has 0 aliphatic rings. The molecule has 0 N–H and O–H groups in total. The van der Waals surface area contributed by atoms with Gasteiger partial charge in [0, 0.05) is 0 Å². The first kappa shape index (κ1) is 5.14. The highest BCUT2D eigenvalue weighted by molar-refractivity contribution is 4.54. The van der Waals surface area contributed by atoms with E-state index in [1.165, 1.54) is 0 Å². The van der Waals surface area contributed by atoms with Gasteiger partial charge in [0.15, 0.2) is 0 Å². The van der Waals surface area contributed by atoms with Gasteiger partial charge in [0.1, 0.15) is 12.7 Å². The van der Waals surface area contributed by atoms with E-state index in [1.54, 1.807) is 0 Å². The molecule has 0 saturated carbocycles. The third-order valence-corrected chi connectivity index (χ3v) is 0.637. The molecule has 0 unspecified atom stereocenters. The molecule has 1 aromatic rings. The summed E-state index contributed by atoms with van der Waals surface area (Å²) < 4.78 is 23.4. The second-order valence-electron chi connectivity index (χ2n) is 1.15. The van der Waals surface area contributed by atoms with Crippen LogP contribution >= 0.6 is 0 Å². The number of hydrogen-bond donors (Lipinski definition) is 0. The molecule has 0 aliphatic carbocycles. The van der Waals surface area contributed by atoms with Crippen LogP contribution in [0, 0.1) is 0 Å². The maximum atomic E-state index is 11.5. The smallest absolute Gasteiger partial charge is 0.223 e. The fraction of sp³-hybridized carbons (Fsp3) is 0.333. The molecule has 8 heavy (non-hydrogen) atoms. The quantitative estimate of drug-likeness (QED) is 0.544. The lowest BCUT2D eigenvalue weighted by molar-refractivity contribution is 0.0562. The zero-order valence-electron chi connectivity index (χ0n) is 3.83. The highest BCUT2D eigenvalue weighted by atomic mass is 19.3. The Morgan fingerprint density at radius 3 is 2.50 bits per heavy atom. The van der Waals surface area contributed by atoms with Gasteiger partial charge in [0.25, 0.3) is 0 Å². The second kappa shape index (κ2) is 1.85. The molecule has 0 bridgehead atoms. The molecule has 0 spiro atoms. The van der Waals surface area contributed by atoms with Gasteiger partial charge >= 0.3 is 6.55 Å². The Labute approximate surface area is 44.0 Å². The summed E-state index contributed by atoms with van der Waals surface area (Å²) in [6.45, 7) is -2.57. The Morgan fingerprint density at radius 2 is 2.25 bits per heavy atom. The Kier molecular flexibility index (Phi) is 1.19. The van der Waals surface area contributed by atoms with E-state index >= 15 is 0 Å². The third kappa shape index (κ3) is 0.800. The van der Waals surface area contributed by atoms with E-state index < -0.39 is 6.55 Å². The largest absolute Gasteiger partial charge is 0.334 e. The molecule has 1 aromatic heterocycles. The summed E-state index contributed by atoms with van der Waals surface area (Å²) in [5.74, 6) is 0. The van der Waals surface area contributed by atoms with Crippen molar-refractivity contribution >= 4 is 0 Å². The summed E-state index contributed by atoms with van der Waals surface area (Å²) in [4.78, 5) is 3.32. The monoisotopic (exact) mass is 119 g/mol. The van der Waals surface area contributed by atoms with E-state index in [4.69, 9.17) is 0 Å². The van der Waals surface area contributed by atoms with E-state index in [-0.39, 0.29) is 0 Å². The number of rotatable bonds is 1. The average Bonchev–Trinajstić information content (AvgIpc) is 2.12. The molecule has 3 nitrogen and oxygen atoms in total. The predicted molar refractivity (Wildman–Crippen MR) is 21.3 cm³/mol. The summed E-state index contributed by atoms with van der Waals surface area (Å²) in [6, 6.07) is 0. The van der Waals surface area contributed by atoms with Gasteiger partial charge in [-0.3, -0.25) is 0 Å². The van der Waals surface area contributed by atoms with Crippen LogP contribution in [0.4, 0.5) is 8.78 Å². The van der Waals surface area contributed by atoms with Crippen molar-refractivity contribution in [2.75, 3.05) is 0 Å². The minimum Gasteiger partial charge on any atom is -0.223 e. The van der Waals surface area contributed by atoms with Crippen molar-refractivity contribution in [3.8, 4) is 0 Å². The maximum absolute atomic E-state index is 11.5. The Morgan fingerprint density at radius 1 is 1.50 bits per heavy atom. The molecular weight excluding hydrogens is 116 g/mol. The standard InChI is InChI=1S/C3H3F2N3/c4-3(5)8-2-6-1-7-8/h1-3H. The average molecular weight is 119 g/mol. The highest BCUT2D eigenvalue weighted by Gasteiger charge is 2.02. The van der Waals surface area contributed by atoms with Gasteiger partial charge in [-0.05, 0) is 0 Å². The molecule has 0 aliphatic heterocycles. The van der Waals surface area contributed by atoms with E-state index in [9.17, 15) is 8.78 Å². The second-order valence-corrected chi connectivity index (χ2v) is 1.15. The summed E-state index contributed by atoms with van der Waals surface area (Å²) in [5, 5.41) is 3.17. The van der Waals surface area contributed by atoms with Crippen LogP contribution in [0.1, 0.15) is 6.55 Å². The lowest BCUT2D eigenvalue weighted by Crippen LogP contribution is -1.96. The fourth-order valence-corrected chi connectivity index (χ4v) is 0.318. The van der Waals surface area contributed by atoms with Crippen molar-refractivity contribution in [1.82, 2.24) is 14.8 Å². The summed E-state index contributed by atoms with van der Waals surface area (Å²) in [5.41, 5.74) is 0. The van der Waals surface area contributed by atoms with Crippen molar-refractivity contribution in [2.45, 2.75) is 6.55 Å².